The van der Waals surface area contributed by atoms with Crippen LogP contribution in [0, 0.1) is 12.8 Å². The zero-order valence-corrected chi connectivity index (χ0v) is 13.2. The monoisotopic (exact) mass is 277 g/mol. The average molecular weight is 277 g/mol. The number of hydrogen-bond acceptors (Lipinski definition) is 3. The van der Waals surface area contributed by atoms with Gasteiger partial charge in [-0.2, -0.15) is 0 Å². The number of carbonyl (C=O) groups excluding carboxylic acids is 1. The van der Waals surface area contributed by atoms with Gasteiger partial charge in [0.2, 0.25) is 5.91 Å². The second-order valence-corrected chi connectivity index (χ2v) is 6.02. The summed E-state index contributed by atoms with van der Waals surface area (Å²) in [7, 11) is 1.99. The third-order valence-corrected chi connectivity index (χ3v) is 3.48. The van der Waals surface area contributed by atoms with E-state index in [9.17, 15) is 4.79 Å². The summed E-state index contributed by atoms with van der Waals surface area (Å²) >= 11 is 0. The second kappa shape index (κ2) is 7.29. The summed E-state index contributed by atoms with van der Waals surface area (Å²) in [4.78, 5) is 14.2. The number of aryl methyl sites for hydroxylation is 1. The van der Waals surface area contributed by atoms with Crippen molar-refractivity contribution in [2.45, 2.75) is 40.2 Å². The van der Waals surface area contributed by atoms with E-state index in [1.54, 1.807) is 6.07 Å². The summed E-state index contributed by atoms with van der Waals surface area (Å²) in [5.74, 6) is 0.644. The number of nitrogens with one attached hydrogen (secondary N) is 1. The van der Waals surface area contributed by atoms with Crippen LogP contribution in [0.2, 0.25) is 0 Å². The van der Waals surface area contributed by atoms with Crippen LogP contribution < -0.4 is 11.1 Å². The van der Waals surface area contributed by atoms with Crippen LogP contribution in [0.5, 0.6) is 0 Å². The van der Waals surface area contributed by atoms with Crippen molar-refractivity contribution in [2.24, 2.45) is 5.92 Å². The molecule has 0 heterocycles. The van der Waals surface area contributed by atoms with Gasteiger partial charge in [0.1, 0.15) is 0 Å². The highest BCUT2D eigenvalue weighted by molar-refractivity contribution is 5.93. The van der Waals surface area contributed by atoms with E-state index in [-0.39, 0.29) is 5.91 Å². The van der Waals surface area contributed by atoms with E-state index in [0.29, 0.717) is 24.2 Å². The van der Waals surface area contributed by atoms with Gasteiger partial charge in [0.25, 0.3) is 0 Å². The van der Waals surface area contributed by atoms with E-state index >= 15 is 0 Å². The van der Waals surface area contributed by atoms with E-state index in [1.165, 1.54) is 0 Å². The summed E-state index contributed by atoms with van der Waals surface area (Å²) in [5.41, 5.74) is 8.23. The molecule has 0 radical (unpaired) electrons. The molecule has 3 N–H and O–H groups in total. The first-order valence-electron chi connectivity index (χ1n) is 7.15. The molecule has 0 saturated heterocycles. The van der Waals surface area contributed by atoms with Crippen LogP contribution in [0.15, 0.2) is 18.2 Å². The maximum Gasteiger partial charge on any atom is 0.238 e. The molecule has 1 aromatic carbocycles. The standard InChI is InChI=1S/C16H27N3O/c1-11(2)8-13(4)19(5)10-16(20)18-15-7-6-14(17)9-12(15)3/h6-7,9,11,13H,8,10,17H2,1-5H3,(H,18,20). The number of anilines is 2. The molecule has 0 aliphatic rings. The Kier molecular flexibility index (Phi) is 6.02. The van der Waals surface area contributed by atoms with Crippen molar-refractivity contribution in [3.8, 4) is 0 Å². The van der Waals surface area contributed by atoms with Gasteiger partial charge < -0.3 is 11.1 Å². The first-order valence-corrected chi connectivity index (χ1v) is 7.15. The summed E-state index contributed by atoms with van der Waals surface area (Å²) in [6, 6.07) is 5.91. The van der Waals surface area contributed by atoms with Crippen molar-refractivity contribution >= 4 is 17.3 Å². The molecule has 1 unspecified atom stereocenters. The summed E-state index contributed by atoms with van der Waals surface area (Å²) in [6.07, 6.45) is 1.09. The highest BCUT2D eigenvalue weighted by atomic mass is 16.2. The lowest BCUT2D eigenvalue weighted by atomic mass is 10.0. The minimum atomic E-state index is 0.0102. The molecule has 0 aromatic heterocycles. The lowest BCUT2D eigenvalue weighted by Crippen LogP contribution is -2.37. The Morgan fingerprint density at radius 2 is 2.00 bits per heavy atom. The van der Waals surface area contributed by atoms with Gasteiger partial charge in [-0.3, -0.25) is 9.69 Å². The first-order chi connectivity index (χ1) is 9.29. The minimum absolute atomic E-state index is 0.0102. The number of nitrogens with zero attached hydrogens (tertiary/aromatic N) is 1. The zero-order chi connectivity index (χ0) is 15.3. The first kappa shape index (κ1) is 16.5. The lowest BCUT2D eigenvalue weighted by Gasteiger charge is -2.25. The fraction of sp³-hybridized carbons (Fsp3) is 0.562. The van der Waals surface area contributed by atoms with Crippen molar-refractivity contribution < 1.29 is 4.79 Å². The fourth-order valence-electron chi connectivity index (χ4n) is 2.26. The molecule has 0 saturated carbocycles. The fourth-order valence-corrected chi connectivity index (χ4v) is 2.26. The maximum absolute atomic E-state index is 12.1. The third-order valence-electron chi connectivity index (χ3n) is 3.48. The predicted molar refractivity (Wildman–Crippen MR) is 85.8 cm³/mol. The SMILES string of the molecule is Cc1cc(N)ccc1NC(=O)CN(C)C(C)CC(C)C. The largest absolute Gasteiger partial charge is 0.399 e. The molecular weight excluding hydrogens is 250 g/mol. The van der Waals surface area contributed by atoms with Crippen molar-refractivity contribution in [3.63, 3.8) is 0 Å². The Morgan fingerprint density at radius 1 is 1.35 bits per heavy atom. The summed E-state index contributed by atoms with van der Waals surface area (Å²) < 4.78 is 0. The van der Waals surface area contributed by atoms with Gasteiger partial charge in [0.15, 0.2) is 0 Å². The van der Waals surface area contributed by atoms with Crippen LogP contribution in [0.4, 0.5) is 11.4 Å². The van der Waals surface area contributed by atoms with Crippen LogP contribution in [0.3, 0.4) is 0 Å². The number of likely N-dealkylation sites (N-methyl/N-ethyl adjacent to an activating group) is 1. The lowest BCUT2D eigenvalue weighted by molar-refractivity contribution is -0.117. The molecule has 0 aliphatic heterocycles. The van der Waals surface area contributed by atoms with E-state index < -0.39 is 0 Å². The Hall–Kier alpha value is -1.55. The molecule has 0 fully saturated rings. The van der Waals surface area contributed by atoms with E-state index in [0.717, 1.165) is 17.7 Å². The molecule has 1 amide bonds. The number of nitrogen functional groups attached to an aromatic ring is 1. The van der Waals surface area contributed by atoms with Gasteiger partial charge in [-0.05, 0) is 57.0 Å². The Morgan fingerprint density at radius 3 is 2.55 bits per heavy atom. The van der Waals surface area contributed by atoms with Gasteiger partial charge in [-0.15, -0.1) is 0 Å². The van der Waals surface area contributed by atoms with Crippen LogP contribution in [-0.2, 0) is 4.79 Å². The second-order valence-electron chi connectivity index (χ2n) is 6.02. The quantitative estimate of drug-likeness (QED) is 0.786. The third kappa shape index (κ3) is 5.21. The Bertz CT molecular complexity index is 457. The van der Waals surface area contributed by atoms with E-state index in [2.05, 4.69) is 31.0 Å². The topological polar surface area (TPSA) is 58.4 Å². The smallest absolute Gasteiger partial charge is 0.238 e. The molecule has 1 rings (SSSR count). The van der Waals surface area contributed by atoms with E-state index in [1.807, 2.05) is 26.1 Å². The highest BCUT2D eigenvalue weighted by Crippen LogP contribution is 2.17. The number of nitrogens with two attached hydrogens (primary N) is 1. The van der Waals surface area contributed by atoms with Crippen molar-refractivity contribution in [1.82, 2.24) is 4.90 Å². The summed E-state index contributed by atoms with van der Waals surface area (Å²) in [6.45, 7) is 8.89. The molecule has 1 aromatic rings. The molecule has 4 nitrogen and oxygen atoms in total. The van der Waals surface area contributed by atoms with Gasteiger partial charge >= 0.3 is 0 Å². The molecular formula is C16H27N3O. The average Bonchev–Trinajstić information content (AvgIpc) is 2.31. The number of carbonyl (C=O) groups is 1. The zero-order valence-electron chi connectivity index (χ0n) is 13.2. The van der Waals surface area contributed by atoms with E-state index in [4.69, 9.17) is 5.73 Å². The van der Waals surface area contributed by atoms with Crippen LogP contribution >= 0.6 is 0 Å². The molecule has 0 bridgehead atoms. The summed E-state index contributed by atoms with van der Waals surface area (Å²) in [5, 5.41) is 2.94. The molecule has 4 heteroatoms. The van der Waals surface area contributed by atoms with Gasteiger partial charge in [0, 0.05) is 17.4 Å². The number of benzene rings is 1. The van der Waals surface area contributed by atoms with Crippen LogP contribution in [-0.4, -0.2) is 30.4 Å². The minimum Gasteiger partial charge on any atom is -0.399 e. The van der Waals surface area contributed by atoms with Gasteiger partial charge in [-0.25, -0.2) is 0 Å². The molecule has 0 spiro atoms. The van der Waals surface area contributed by atoms with Crippen molar-refractivity contribution in [3.05, 3.63) is 23.8 Å². The van der Waals surface area contributed by atoms with Crippen LogP contribution in [0.1, 0.15) is 32.8 Å². The maximum atomic E-state index is 12.1. The predicted octanol–water partition coefficient (Wildman–Crippen LogP) is 2.88. The van der Waals surface area contributed by atoms with Crippen molar-refractivity contribution in [1.29, 1.82) is 0 Å². The highest BCUT2D eigenvalue weighted by Gasteiger charge is 2.14. The number of rotatable bonds is 6. The molecule has 20 heavy (non-hydrogen) atoms. The normalized spacial score (nSPS) is 12.8. The molecule has 1 atom stereocenters. The number of amides is 1. The van der Waals surface area contributed by atoms with Gasteiger partial charge in [0.05, 0.1) is 6.54 Å². The Balaban J connectivity index is 2.55. The van der Waals surface area contributed by atoms with Gasteiger partial charge in [-0.1, -0.05) is 13.8 Å². The van der Waals surface area contributed by atoms with Crippen LogP contribution in [0.25, 0.3) is 0 Å². The van der Waals surface area contributed by atoms with Crippen molar-refractivity contribution in [2.75, 3.05) is 24.6 Å². The Labute approximate surface area is 122 Å². The molecule has 0 aliphatic carbocycles. The molecule has 112 valence electrons. The number of hydrogen-bond donors (Lipinski definition) is 2.